The molecule has 0 heterocycles. The fourth-order valence-corrected chi connectivity index (χ4v) is 0.631. The van der Waals surface area contributed by atoms with E-state index in [4.69, 9.17) is 0 Å². The Morgan fingerprint density at radius 1 is 1.42 bits per heavy atom. The first kappa shape index (κ1) is 10.9. The summed E-state index contributed by atoms with van der Waals surface area (Å²) in [6.07, 6.45) is 0. The Labute approximate surface area is 71.8 Å². The molecule has 0 N–H and O–H groups in total. The minimum Gasteiger partial charge on any atom is -0.463 e. The number of carbonyl (C=O) groups excluding carboxylic acids is 2. The third-order valence-electron chi connectivity index (χ3n) is 1.14. The molecule has 0 atom stereocenters. The third-order valence-corrected chi connectivity index (χ3v) is 1.14. The van der Waals surface area contributed by atoms with E-state index in [0.29, 0.717) is 0 Å². The van der Waals surface area contributed by atoms with Crippen LogP contribution in [0.1, 0.15) is 20.8 Å². The molecule has 0 aromatic rings. The fraction of sp³-hybridized carbons (Fsp3) is 0.625. The highest BCUT2D eigenvalue weighted by atomic mass is 16.6. The third kappa shape index (κ3) is 3.37. The second-order valence-electron chi connectivity index (χ2n) is 2.70. The number of rotatable bonds is 3. The normalized spacial score (nSPS) is 10.7. The summed E-state index contributed by atoms with van der Waals surface area (Å²) < 4.78 is 9.29. The van der Waals surface area contributed by atoms with Gasteiger partial charge in [-0.15, -0.1) is 0 Å². The lowest BCUT2D eigenvalue weighted by Gasteiger charge is -2.21. The van der Waals surface area contributed by atoms with Gasteiger partial charge in [0, 0.05) is 0 Å². The summed E-state index contributed by atoms with van der Waals surface area (Å²) >= 11 is 0. The highest BCUT2D eigenvalue weighted by Crippen LogP contribution is 2.11. The predicted octanol–water partition coefficient (Wildman–Crippen LogP) is 0.705. The molecule has 4 nitrogen and oxygen atoms in total. The van der Waals surface area contributed by atoms with Gasteiger partial charge < -0.3 is 9.47 Å². The Morgan fingerprint density at radius 3 is 2.25 bits per heavy atom. The second-order valence-corrected chi connectivity index (χ2v) is 2.70. The molecule has 0 aromatic heterocycles. The predicted molar refractivity (Wildman–Crippen MR) is 42.2 cm³/mol. The van der Waals surface area contributed by atoms with Gasteiger partial charge in [0.1, 0.15) is 0 Å². The molecule has 0 aliphatic carbocycles. The van der Waals surface area contributed by atoms with Crippen molar-refractivity contribution < 1.29 is 19.1 Å². The van der Waals surface area contributed by atoms with E-state index >= 15 is 0 Å². The molecule has 1 radical (unpaired) electrons. The largest absolute Gasteiger partial charge is 0.463 e. The monoisotopic (exact) mass is 173 g/mol. The molecule has 12 heavy (non-hydrogen) atoms. The van der Waals surface area contributed by atoms with Crippen LogP contribution in [0, 0.1) is 6.92 Å². The van der Waals surface area contributed by atoms with Gasteiger partial charge in [-0.25, -0.2) is 4.79 Å². The number of hydrogen-bond donors (Lipinski definition) is 0. The van der Waals surface area contributed by atoms with Crippen LogP contribution in [0.15, 0.2) is 0 Å². The van der Waals surface area contributed by atoms with E-state index in [2.05, 4.69) is 16.4 Å². The Hall–Kier alpha value is -1.06. The van der Waals surface area contributed by atoms with E-state index in [-0.39, 0.29) is 6.61 Å². The lowest BCUT2D eigenvalue weighted by molar-refractivity contribution is -0.175. The topological polar surface area (TPSA) is 52.6 Å². The fourth-order valence-electron chi connectivity index (χ4n) is 0.631. The minimum absolute atomic E-state index is 0.261. The summed E-state index contributed by atoms with van der Waals surface area (Å²) in [4.78, 5) is 21.5. The van der Waals surface area contributed by atoms with Crippen molar-refractivity contribution in [3.05, 3.63) is 6.92 Å². The molecule has 0 spiro atoms. The summed E-state index contributed by atoms with van der Waals surface area (Å²) in [6.45, 7) is 7.84. The minimum atomic E-state index is -1.24. The van der Waals surface area contributed by atoms with Gasteiger partial charge >= 0.3 is 11.9 Å². The maximum Gasteiger partial charge on any atom is 0.349 e. The number of hydrogen-bond acceptors (Lipinski definition) is 4. The van der Waals surface area contributed by atoms with Gasteiger partial charge in [-0.2, -0.15) is 0 Å². The Bertz CT molecular complexity index is 183. The van der Waals surface area contributed by atoms with Crippen LogP contribution in [-0.4, -0.2) is 24.1 Å². The first-order valence-corrected chi connectivity index (χ1v) is 3.62. The zero-order chi connectivity index (χ0) is 9.78. The molecule has 0 unspecified atom stereocenters. The SMILES string of the molecule is [CH2]C(=O)OC(C)(C)C(=O)OCC. The molecule has 0 fully saturated rings. The van der Waals surface area contributed by atoms with Crippen LogP contribution in [0.2, 0.25) is 0 Å². The average Bonchev–Trinajstić information content (AvgIpc) is 1.85. The standard InChI is InChI=1S/C8H13O4/c1-5-11-7(10)8(3,4)12-6(2)9/h2,5H2,1,3-4H3. The van der Waals surface area contributed by atoms with Crippen LogP contribution in [0.4, 0.5) is 0 Å². The van der Waals surface area contributed by atoms with E-state index < -0.39 is 17.5 Å². The van der Waals surface area contributed by atoms with Crippen molar-refractivity contribution in [1.82, 2.24) is 0 Å². The van der Waals surface area contributed by atoms with Crippen molar-refractivity contribution in [1.29, 1.82) is 0 Å². The first-order valence-electron chi connectivity index (χ1n) is 3.62. The van der Waals surface area contributed by atoms with Crippen molar-refractivity contribution in [2.45, 2.75) is 26.4 Å². The highest BCUT2D eigenvalue weighted by Gasteiger charge is 2.32. The van der Waals surface area contributed by atoms with Crippen LogP contribution in [0.5, 0.6) is 0 Å². The summed E-state index contributed by atoms with van der Waals surface area (Å²) in [5, 5.41) is 0. The highest BCUT2D eigenvalue weighted by molar-refractivity contribution is 5.83. The molecule has 0 aliphatic heterocycles. The van der Waals surface area contributed by atoms with Crippen LogP contribution < -0.4 is 0 Å². The van der Waals surface area contributed by atoms with Crippen molar-refractivity contribution in [2.75, 3.05) is 6.61 Å². The van der Waals surface area contributed by atoms with E-state index in [1.807, 2.05) is 0 Å². The van der Waals surface area contributed by atoms with Crippen LogP contribution in [0.25, 0.3) is 0 Å². The second kappa shape index (κ2) is 4.09. The van der Waals surface area contributed by atoms with Gasteiger partial charge in [0.15, 0.2) is 0 Å². The summed E-state index contributed by atoms with van der Waals surface area (Å²) in [6, 6.07) is 0. The smallest absolute Gasteiger partial charge is 0.349 e. The van der Waals surface area contributed by atoms with Crippen LogP contribution >= 0.6 is 0 Å². The molecule has 0 rings (SSSR count). The quantitative estimate of drug-likeness (QED) is 0.589. The molecule has 69 valence electrons. The van der Waals surface area contributed by atoms with Crippen LogP contribution in [0.3, 0.4) is 0 Å². The molecule has 0 bridgehead atoms. The summed E-state index contributed by atoms with van der Waals surface area (Å²) in [5.74, 6) is -1.31. The average molecular weight is 173 g/mol. The van der Waals surface area contributed by atoms with Crippen LogP contribution in [-0.2, 0) is 19.1 Å². The Kier molecular flexibility index (Phi) is 3.73. The number of esters is 2. The lowest BCUT2D eigenvalue weighted by atomic mass is 10.1. The van der Waals surface area contributed by atoms with E-state index in [9.17, 15) is 9.59 Å². The van der Waals surface area contributed by atoms with Gasteiger partial charge in [-0.3, -0.25) is 4.79 Å². The molecule has 0 aromatic carbocycles. The molecule has 4 heteroatoms. The van der Waals surface area contributed by atoms with Gasteiger partial charge in [0.05, 0.1) is 13.5 Å². The molecule has 0 amide bonds. The van der Waals surface area contributed by atoms with Gasteiger partial charge in [-0.1, -0.05) is 0 Å². The lowest BCUT2D eigenvalue weighted by Crippen LogP contribution is -2.38. The molecular weight excluding hydrogens is 160 g/mol. The number of ether oxygens (including phenoxy) is 2. The van der Waals surface area contributed by atoms with Crippen molar-refractivity contribution >= 4 is 11.9 Å². The first-order chi connectivity index (χ1) is 5.40. The molecule has 0 aliphatic rings. The van der Waals surface area contributed by atoms with E-state index in [1.165, 1.54) is 13.8 Å². The van der Waals surface area contributed by atoms with E-state index in [1.54, 1.807) is 6.92 Å². The zero-order valence-corrected chi connectivity index (χ0v) is 7.55. The molecule has 0 saturated heterocycles. The number of carbonyl (C=O) groups is 2. The summed E-state index contributed by atoms with van der Waals surface area (Å²) in [5.41, 5.74) is -1.24. The summed E-state index contributed by atoms with van der Waals surface area (Å²) in [7, 11) is 0. The maximum absolute atomic E-state index is 11.1. The Morgan fingerprint density at radius 2 is 1.92 bits per heavy atom. The van der Waals surface area contributed by atoms with Gasteiger partial charge in [0.2, 0.25) is 5.60 Å². The molecular formula is C8H13O4. The van der Waals surface area contributed by atoms with Crippen molar-refractivity contribution in [2.24, 2.45) is 0 Å². The van der Waals surface area contributed by atoms with Crippen molar-refractivity contribution in [3.63, 3.8) is 0 Å². The maximum atomic E-state index is 11.1. The van der Waals surface area contributed by atoms with Gasteiger partial charge in [-0.05, 0) is 20.8 Å². The molecule has 0 saturated carbocycles. The zero-order valence-electron chi connectivity index (χ0n) is 7.55. The van der Waals surface area contributed by atoms with Crippen molar-refractivity contribution in [3.8, 4) is 0 Å². The van der Waals surface area contributed by atoms with Gasteiger partial charge in [0.25, 0.3) is 0 Å². The van der Waals surface area contributed by atoms with E-state index in [0.717, 1.165) is 0 Å². The Balaban J connectivity index is 4.18.